The lowest BCUT2D eigenvalue weighted by Crippen LogP contribution is -2.21. The average molecular weight is 406 g/mol. The van der Waals surface area contributed by atoms with Gasteiger partial charge in [-0.15, -0.1) is 0 Å². The van der Waals surface area contributed by atoms with Crippen LogP contribution in [0.25, 0.3) is 17.1 Å². The standard InChI is InChI=1S/C13H17N3.C8H8Cl2O/c1-4-7-10-8-6-9-11-12(10)15(3)13(14)16(11)5-2;9-7-3-1-2-6(5-11)8(10)4-7/h4,6-9,14H,5H2,1-3H3;3-6H,1-2H2/b7-4+,14-13?;. The Morgan fingerprint density at radius 1 is 1.33 bits per heavy atom. The van der Waals surface area contributed by atoms with Crippen LogP contribution in [0.2, 0.25) is 0 Å². The van der Waals surface area contributed by atoms with Crippen molar-refractivity contribution >= 4 is 46.6 Å². The quantitative estimate of drug-likeness (QED) is 0.686. The lowest BCUT2D eigenvalue weighted by atomic mass is 10.1. The molecule has 1 N–H and O–H groups in total. The summed E-state index contributed by atoms with van der Waals surface area (Å²) in [5.41, 5.74) is 3.98. The Labute approximate surface area is 169 Å². The zero-order chi connectivity index (χ0) is 20.0. The van der Waals surface area contributed by atoms with Crippen LogP contribution in [0.4, 0.5) is 0 Å². The molecule has 27 heavy (non-hydrogen) atoms. The molecule has 1 unspecified atom stereocenters. The number of carbonyl (C=O) groups is 1. The summed E-state index contributed by atoms with van der Waals surface area (Å²) >= 11 is 11.5. The van der Waals surface area contributed by atoms with Crippen molar-refractivity contribution in [2.45, 2.75) is 33.2 Å². The molecule has 0 amide bonds. The predicted octanol–water partition coefficient (Wildman–Crippen LogP) is 5.35. The van der Waals surface area contributed by atoms with Crippen LogP contribution in [0.1, 0.15) is 32.3 Å². The van der Waals surface area contributed by atoms with E-state index in [1.807, 2.05) is 41.3 Å². The minimum Gasteiger partial charge on any atom is -0.313 e. The number of halogens is 2. The van der Waals surface area contributed by atoms with E-state index in [-0.39, 0.29) is 5.92 Å². The van der Waals surface area contributed by atoms with E-state index in [4.69, 9.17) is 28.6 Å². The summed E-state index contributed by atoms with van der Waals surface area (Å²) in [6, 6.07) is 6.20. The number of nitrogens with one attached hydrogen (secondary N) is 1. The van der Waals surface area contributed by atoms with Gasteiger partial charge in [-0.1, -0.05) is 53.6 Å². The molecule has 0 saturated heterocycles. The number of aldehydes is 1. The molecule has 0 radical (unpaired) electrons. The lowest BCUT2D eigenvalue weighted by Gasteiger charge is -2.03. The minimum atomic E-state index is -0.163. The number of fused-ring (bicyclic) bond motifs is 1. The number of rotatable bonds is 3. The predicted molar refractivity (Wildman–Crippen MR) is 114 cm³/mol. The highest BCUT2D eigenvalue weighted by atomic mass is 35.5. The molecule has 0 spiro atoms. The van der Waals surface area contributed by atoms with Crippen molar-refractivity contribution in [2.24, 2.45) is 13.0 Å². The number of aryl methyl sites for hydroxylation is 2. The van der Waals surface area contributed by atoms with E-state index < -0.39 is 0 Å². The average Bonchev–Trinajstić information content (AvgIpc) is 2.78. The maximum Gasteiger partial charge on any atom is 0.202 e. The number of aromatic nitrogens is 2. The minimum absolute atomic E-state index is 0.163. The van der Waals surface area contributed by atoms with E-state index in [0.29, 0.717) is 15.7 Å². The van der Waals surface area contributed by atoms with E-state index in [9.17, 15) is 4.79 Å². The number of hydrogen-bond acceptors (Lipinski definition) is 2. The molecule has 1 aliphatic carbocycles. The Morgan fingerprint density at radius 2 is 2.07 bits per heavy atom. The van der Waals surface area contributed by atoms with Gasteiger partial charge < -0.3 is 13.9 Å². The number of carbonyl (C=O) groups excluding carboxylic acids is 1. The van der Waals surface area contributed by atoms with Gasteiger partial charge in [-0.2, -0.15) is 0 Å². The van der Waals surface area contributed by atoms with Crippen molar-refractivity contribution in [1.82, 2.24) is 9.13 Å². The van der Waals surface area contributed by atoms with Gasteiger partial charge in [-0.25, -0.2) is 0 Å². The molecule has 1 aromatic heterocycles. The fourth-order valence-electron chi connectivity index (χ4n) is 3.14. The van der Waals surface area contributed by atoms with Gasteiger partial charge in [0.15, 0.2) is 0 Å². The lowest BCUT2D eigenvalue weighted by molar-refractivity contribution is -0.110. The van der Waals surface area contributed by atoms with Crippen molar-refractivity contribution in [3.63, 3.8) is 0 Å². The summed E-state index contributed by atoms with van der Waals surface area (Å²) in [4.78, 5) is 10.4. The molecule has 4 nitrogen and oxygen atoms in total. The van der Waals surface area contributed by atoms with Gasteiger partial charge in [0.25, 0.3) is 0 Å². The maximum absolute atomic E-state index is 10.4. The molecule has 0 bridgehead atoms. The van der Waals surface area contributed by atoms with Gasteiger partial charge in [-0.3, -0.25) is 5.41 Å². The van der Waals surface area contributed by atoms with Crippen molar-refractivity contribution in [2.75, 3.05) is 0 Å². The van der Waals surface area contributed by atoms with Gasteiger partial charge >= 0.3 is 0 Å². The summed E-state index contributed by atoms with van der Waals surface area (Å²) in [5, 5.41) is 9.22. The van der Waals surface area contributed by atoms with Gasteiger partial charge in [-0.05, 0) is 38.8 Å². The van der Waals surface area contributed by atoms with Gasteiger partial charge in [0.05, 0.1) is 17.0 Å². The Morgan fingerprint density at radius 3 is 2.70 bits per heavy atom. The second-order valence-corrected chi connectivity index (χ2v) is 7.15. The number of benzene rings is 1. The van der Waals surface area contributed by atoms with Crippen LogP contribution in [0.5, 0.6) is 0 Å². The molecule has 1 aliphatic rings. The number of para-hydroxylation sites is 1. The second-order valence-electron chi connectivity index (χ2n) is 6.28. The van der Waals surface area contributed by atoms with Crippen LogP contribution in [0.3, 0.4) is 0 Å². The topological polar surface area (TPSA) is 50.8 Å². The molecule has 3 rings (SSSR count). The van der Waals surface area contributed by atoms with E-state index in [0.717, 1.165) is 36.7 Å². The molecule has 1 aromatic carbocycles. The van der Waals surface area contributed by atoms with Gasteiger partial charge in [0, 0.05) is 29.2 Å². The smallest absolute Gasteiger partial charge is 0.202 e. The van der Waals surface area contributed by atoms with Crippen LogP contribution >= 0.6 is 23.2 Å². The van der Waals surface area contributed by atoms with Crippen molar-refractivity contribution in [1.29, 1.82) is 5.41 Å². The van der Waals surface area contributed by atoms with Crippen molar-refractivity contribution in [3.8, 4) is 0 Å². The van der Waals surface area contributed by atoms with E-state index in [2.05, 4.69) is 25.1 Å². The maximum atomic E-state index is 10.4. The Hall–Kier alpha value is -2.04. The highest BCUT2D eigenvalue weighted by Crippen LogP contribution is 2.26. The van der Waals surface area contributed by atoms with Crippen LogP contribution in [-0.4, -0.2) is 15.4 Å². The van der Waals surface area contributed by atoms with Crippen LogP contribution in [-0.2, 0) is 18.4 Å². The zero-order valence-corrected chi connectivity index (χ0v) is 17.4. The Bertz CT molecular complexity index is 964. The molecule has 1 atom stereocenters. The van der Waals surface area contributed by atoms with Crippen molar-refractivity contribution < 1.29 is 4.79 Å². The Kier molecular flexibility index (Phi) is 7.69. The fourth-order valence-corrected chi connectivity index (χ4v) is 3.70. The van der Waals surface area contributed by atoms with Crippen LogP contribution in [0.15, 0.2) is 46.5 Å². The summed E-state index contributed by atoms with van der Waals surface area (Å²) in [6.45, 7) is 4.91. The molecular weight excluding hydrogens is 381 g/mol. The second kappa shape index (κ2) is 9.77. The first-order valence-corrected chi connectivity index (χ1v) is 9.73. The fraction of sp³-hybridized carbons (Fsp3) is 0.333. The molecule has 0 aliphatic heterocycles. The number of allylic oxidation sites excluding steroid dienone is 5. The normalized spacial score (nSPS) is 17.1. The SMILES string of the molecule is C/C=C/c1cccc2c1n(C)c(=N)n2CC.O=CC1CCC=C(Cl)C=C1Cl. The third-order valence-electron chi connectivity index (χ3n) is 4.52. The zero-order valence-electron chi connectivity index (χ0n) is 15.9. The summed E-state index contributed by atoms with van der Waals surface area (Å²) in [5.74, 6) is -0.163. The van der Waals surface area contributed by atoms with Crippen LogP contribution < -0.4 is 5.62 Å². The molecular formula is C21H25Cl2N3O. The molecule has 6 heteroatoms. The van der Waals surface area contributed by atoms with Gasteiger partial charge in [0.2, 0.25) is 5.62 Å². The third kappa shape index (κ3) is 4.82. The third-order valence-corrected chi connectivity index (χ3v) is 5.17. The van der Waals surface area contributed by atoms with Crippen molar-refractivity contribution in [3.05, 3.63) is 57.7 Å². The van der Waals surface area contributed by atoms with Crippen LogP contribution in [0, 0.1) is 11.3 Å². The van der Waals surface area contributed by atoms with Gasteiger partial charge in [0.1, 0.15) is 6.29 Å². The highest BCUT2D eigenvalue weighted by molar-refractivity contribution is 6.35. The van der Waals surface area contributed by atoms with E-state index in [1.165, 1.54) is 5.56 Å². The monoisotopic (exact) mass is 405 g/mol. The number of hydrogen-bond donors (Lipinski definition) is 1. The Balaban J connectivity index is 0.000000208. The largest absolute Gasteiger partial charge is 0.313 e. The molecule has 1 heterocycles. The first-order valence-electron chi connectivity index (χ1n) is 8.98. The number of imidazole rings is 1. The summed E-state index contributed by atoms with van der Waals surface area (Å²) in [6.07, 6.45) is 10.1. The highest BCUT2D eigenvalue weighted by Gasteiger charge is 2.13. The first-order chi connectivity index (χ1) is 12.9. The molecule has 144 valence electrons. The van der Waals surface area contributed by atoms with E-state index in [1.54, 1.807) is 6.08 Å². The van der Waals surface area contributed by atoms with E-state index >= 15 is 0 Å². The summed E-state index contributed by atoms with van der Waals surface area (Å²) < 4.78 is 3.95. The first kappa shape index (κ1) is 21.3. The summed E-state index contributed by atoms with van der Waals surface area (Å²) in [7, 11) is 1.95. The number of nitrogens with zero attached hydrogens (tertiary/aromatic N) is 2. The molecule has 0 saturated carbocycles. The molecule has 0 fully saturated rings. The molecule has 2 aromatic rings.